The zero-order valence-electron chi connectivity index (χ0n) is 5.28. The Labute approximate surface area is 45.5 Å². The van der Waals surface area contributed by atoms with Crippen LogP contribution in [0.2, 0.25) is 0 Å². The molecule has 0 aromatic heterocycles. The molecule has 0 saturated carbocycles. The molecule has 0 fully saturated rings. The molecular weight excluding hydrogens is 84.1 g/mol. The number of hydrogen-bond acceptors (Lipinski definition) is 0. The van der Waals surface area contributed by atoms with Crippen LogP contribution in [0.25, 0.3) is 0 Å². The molecule has 0 rings (SSSR count). The van der Waals surface area contributed by atoms with Crippen LogP contribution in [-0.2, 0) is 0 Å². The average molecular weight is 96.2 g/mol. The van der Waals surface area contributed by atoms with Crippen molar-refractivity contribution in [2.24, 2.45) is 0 Å². The van der Waals surface area contributed by atoms with Crippen molar-refractivity contribution in [1.82, 2.24) is 0 Å². The van der Waals surface area contributed by atoms with Crippen molar-refractivity contribution in [2.45, 2.75) is 20.8 Å². The predicted molar refractivity (Wildman–Crippen MR) is 34.2 cm³/mol. The van der Waals surface area contributed by atoms with Crippen molar-refractivity contribution in [1.29, 1.82) is 0 Å². The van der Waals surface area contributed by atoms with Gasteiger partial charge in [-0.15, -0.1) is 0 Å². The summed E-state index contributed by atoms with van der Waals surface area (Å²) in [5.74, 6) is 0. The lowest BCUT2D eigenvalue weighted by Crippen LogP contribution is -1.69. The molecule has 0 N–H and O–H groups in total. The first kappa shape index (κ1) is 6.48. The lowest BCUT2D eigenvalue weighted by Gasteiger charge is -1.90. The zero-order valence-corrected chi connectivity index (χ0v) is 5.28. The Balaban J connectivity index is 3.98. The Bertz CT molecular complexity index is 92.6. The number of hydrogen-bond donors (Lipinski definition) is 0. The van der Waals surface area contributed by atoms with Crippen molar-refractivity contribution in [3.05, 3.63) is 23.8 Å². The first-order chi connectivity index (χ1) is 3.18. The second kappa shape index (κ2) is 2.62. The predicted octanol–water partition coefficient (Wildman–Crippen LogP) is 2.53. The van der Waals surface area contributed by atoms with E-state index in [4.69, 9.17) is 0 Å². The summed E-state index contributed by atoms with van der Waals surface area (Å²) in [7, 11) is 0. The van der Waals surface area contributed by atoms with Crippen LogP contribution in [0.5, 0.6) is 0 Å². The fourth-order valence-electron chi connectivity index (χ4n) is 0.204. The van der Waals surface area contributed by atoms with Gasteiger partial charge in [-0.1, -0.05) is 23.8 Å². The van der Waals surface area contributed by atoms with E-state index in [2.05, 4.69) is 27.4 Å². The first-order valence-electron chi connectivity index (χ1n) is 2.45. The van der Waals surface area contributed by atoms with Gasteiger partial charge in [0.2, 0.25) is 0 Å². The van der Waals surface area contributed by atoms with Crippen molar-refractivity contribution >= 4 is 0 Å². The van der Waals surface area contributed by atoms with Gasteiger partial charge >= 0.3 is 0 Å². The third kappa shape index (κ3) is 2.21. The maximum Gasteiger partial charge on any atom is -0.0399 e. The van der Waals surface area contributed by atoms with Crippen molar-refractivity contribution in [2.75, 3.05) is 0 Å². The number of rotatable bonds is 1. The molecule has 0 spiro atoms. The largest absolute Gasteiger partial charge is 0.0988 e. The minimum Gasteiger partial charge on any atom is -0.0988 e. The van der Waals surface area contributed by atoms with E-state index in [1.165, 1.54) is 11.1 Å². The van der Waals surface area contributed by atoms with Gasteiger partial charge in [0.15, 0.2) is 0 Å². The third-order valence-corrected chi connectivity index (χ3v) is 1.09. The van der Waals surface area contributed by atoms with Crippen LogP contribution < -0.4 is 0 Å². The topological polar surface area (TPSA) is 0 Å². The normalized spacial score (nSPS) is 7.86. The van der Waals surface area contributed by atoms with Gasteiger partial charge in [-0.3, -0.25) is 0 Å². The highest BCUT2D eigenvalue weighted by molar-refractivity contribution is 5.18. The second-order valence-corrected chi connectivity index (χ2v) is 1.89. The van der Waals surface area contributed by atoms with Crippen LogP contribution in [0, 0.1) is 0 Å². The summed E-state index contributed by atoms with van der Waals surface area (Å²) in [5, 5.41) is 0. The molecular formula is C7H12. The third-order valence-electron chi connectivity index (χ3n) is 1.09. The molecule has 0 amide bonds. The molecule has 0 heteroatoms. The molecule has 0 bridgehead atoms. The minimum atomic E-state index is 1.28. The van der Waals surface area contributed by atoms with Crippen molar-refractivity contribution in [3.8, 4) is 0 Å². The first-order valence-corrected chi connectivity index (χ1v) is 2.45. The molecule has 0 nitrogen and oxygen atoms in total. The van der Waals surface area contributed by atoms with E-state index in [9.17, 15) is 0 Å². The van der Waals surface area contributed by atoms with Crippen LogP contribution in [0.4, 0.5) is 0 Å². The maximum atomic E-state index is 3.62. The van der Waals surface area contributed by atoms with Crippen LogP contribution in [0.15, 0.2) is 23.8 Å². The minimum absolute atomic E-state index is 1.28. The van der Waals surface area contributed by atoms with E-state index in [1.807, 2.05) is 6.08 Å². The van der Waals surface area contributed by atoms with E-state index in [0.717, 1.165) is 0 Å². The molecule has 0 aliphatic rings. The highest BCUT2D eigenvalue weighted by Gasteiger charge is 1.79. The standard InChI is InChI=1S/C7H12/c1-5-7(4)6(2)3/h5H,1H2,2-4H3. The highest BCUT2D eigenvalue weighted by Crippen LogP contribution is 2.00. The molecule has 0 radical (unpaired) electrons. The second-order valence-electron chi connectivity index (χ2n) is 1.89. The summed E-state index contributed by atoms with van der Waals surface area (Å²) < 4.78 is 0. The van der Waals surface area contributed by atoms with Gasteiger partial charge in [-0.05, 0) is 20.8 Å². The molecule has 0 atom stereocenters. The Morgan fingerprint density at radius 3 is 1.71 bits per heavy atom. The lowest BCUT2D eigenvalue weighted by atomic mass is 10.2. The quantitative estimate of drug-likeness (QED) is 0.440. The molecule has 0 aromatic rings. The summed E-state index contributed by atoms with van der Waals surface area (Å²) in [6, 6.07) is 0. The lowest BCUT2D eigenvalue weighted by molar-refractivity contribution is 1.30. The highest BCUT2D eigenvalue weighted by atomic mass is 13.9. The summed E-state index contributed by atoms with van der Waals surface area (Å²) >= 11 is 0. The van der Waals surface area contributed by atoms with Gasteiger partial charge in [-0.2, -0.15) is 0 Å². The fraction of sp³-hybridized carbons (Fsp3) is 0.429. The van der Waals surface area contributed by atoms with Gasteiger partial charge in [-0.25, -0.2) is 0 Å². The van der Waals surface area contributed by atoms with Gasteiger partial charge in [0.25, 0.3) is 0 Å². The average Bonchev–Trinajstić information content (AvgIpc) is 1.65. The van der Waals surface area contributed by atoms with Gasteiger partial charge in [0.1, 0.15) is 0 Å². The molecule has 0 aliphatic carbocycles. The van der Waals surface area contributed by atoms with Crippen LogP contribution in [0.1, 0.15) is 20.8 Å². The van der Waals surface area contributed by atoms with Gasteiger partial charge in [0.05, 0.1) is 0 Å². The van der Waals surface area contributed by atoms with Gasteiger partial charge < -0.3 is 0 Å². The molecule has 0 saturated heterocycles. The maximum absolute atomic E-state index is 3.62. The van der Waals surface area contributed by atoms with Crippen molar-refractivity contribution in [3.63, 3.8) is 0 Å². The van der Waals surface area contributed by atoms with E-state index in [0.29, 0.717) is 0 Å². The molecule has 7 heavy (non-hydrogen) atoms. The smallest absolute Gasteiger partial charge is 0.0399 e. The monoisotopic (exact) mass is 96.1 g/mol. The number of allylic oxidation sites excluding steroid dienone is 3. The molecule has 0 unspecified atom stereocenters. The summed E-state index contributed by atoms with van der Waals surface area (Å²) in [4.78, 5) is 0. The SMILES string of the molecule is C=CC(C)=C(C)C. The van der Waals surface area contributed by atoms with E-state index >= 15 is 0 Å². The van der Waals surface area contributed by atoms with Gasteiger partial charge in [0, 0.05) is 0 Å². The fourth-order valence-corrected chi connectivity index (χ4v) is 0.204. The summed E-state index contributed by atoms with van der Waals surface area (Å²) in [6.07, 6.45) is 1.87. The summed E-state index contributed by atoms with van der Waals surface area (Å²) in [5.41, 5.74) is 2.62. The van der Waals surface area contributed by atoms with E-state index < -0.39 is 0 Å². The summed E-state index contributed by atoms with van der Waals surface area (Å²) in [6.45, 7) is 9.84. The Hall–Kier alpha value is -0.520. The molecule has 0 heterocycles. The molecule has 40 valence electrons. The Kier molecular flexibility index (Phi) is 2.42. The Morgan fingerprint density at radius 2 is 1.71 bits per heavy atom. The van der Waals surface area contributed by atoms with Crippen LogP contribution in [-0.4, -0.2) is 0 Å². The van der Waals surface area contributed by atoms with E-state index in [1.54, 1.807) is 0 Å². The molecule has 0 aliphatic heterocycles. The molecule has 0 aromatic carbocycles. The van der Waals surface area contributed by atoms with Crippen LogP contribution in [0.3, 0.4) is 0 Å². The van der Waals surface area contributed by atoms with Crippen molar-refractivity contribution < 1.29 is 0 Å². The van der Waals surface area contributed by atoms with Crippen LogP contribution >= 0.6 is 0 Å². The Morgan fingerprint density at radius 1 is 1.29 bits per heavy atom. The van der Waals surface area contributed by atoms with E-state index in [-0.39, 0.29) is 0 Å². The zero-order chi connectivity index (χ0) is 5.86.